The fourth-order valence-electron chi connectivity index (χ4n) is 7.50. The molecule has 2 saturated carbocycles. The summed E-state index contributed by atoms with van der Waals surface area (Å²) in [5, 5.41) is 20.7. The van der Waals surface area contributed by atoms with Gasteiger partial charge in [0.15, 0.2) is 12.4 Å². The van der Waals surface area contributed by atoms with Crippen LogP contribution in [0, 0.1) is 28.6 Å². The lowest BCUT2D eigenvalue weighted by Gasteiger charge is -2.59. The maximum Gasteiger partial charge on any atom is 0.306 e. The highest BCUT2D eigenvalue weighted by Gasteiger charge is 2.68. The monoisotopic (exact) mass is 502 g/mol. The van der Waals surface area contributed by atoms with Crippen LogP contribution in [0.3, 0.4) is 0 Å². The van der Waals surface area contributed by atoms with Crippen LogP contribution in [0.1, 0.15) is 65.7 Å². The van der Waals surface area contributed by atoms with Crippen LogP contribution in [0.5, 0.6) is 0 Å². The van der Waals surface area contributed by atoms with Crippen LogP contribution in [0.2, 0.25) is 0 Å². The van der Waals surface area contributed by atoms with Gasteiger partial charge in [0.25, 0.3) is 0 Å². The molecule has 0 amide bonds. The van der Waals surface area contributed by atoms with E-state index in [1.54, 1.807) is 6.08 Å². The molecular weight excluding hydrogens is 468 g/mol. The average molecular weight is 503 g/mol. The zero-order valence-electron chi connectivity index (χ0n) is 21.0. The maximum absolute atomic E-state index is 13.2. The number of fused-ring (bicyclic) bond motifs is 5. The van der Waals surface area contributed by atoms with Crippen LogP contribution in [-0.4, -0.2) is 58.0 Å². The van der Waals surface area contributed by atoms with Gasteiger partial charge in [-0.1, -0.05) is 31.6 Å². The number of ether oxygens (including phenoxy) is 2. The van der Waals surface area contributed by atoms with Crippen molar-refractivity contribution in [3.05, 3.63) is 23.8 Å². The van der Waals surface area contributed by atoms with E-state index in [1.165, 1.54) is 6.92 Å². The minimum atomic E-state index is -1.76. The van der Waals surface area contributed by atoms with Gasteiger partial charge >= 0.3 is 17.9 Å². The molecule has 0 radical (unpaired) electrons. The van der Waals surface area contributed by atoms with Crippen LogP contribution in [0.25, 0.3) is 0 Å². The Morgan fingerprint density at radius 2 is 1.89 bits per heavy atom. The summed E-state index contributed by atoms with van der Waals surface area (Å²) in [4.78, 5) is 60.3. The number of carboxylic acid groups (broad SMARTS) is 1. The number of aliphatic hydroxyl groups is 1. The topological polar surface area (TPSA) is 144 Å². The summed E-state index contributed by atoms with van der Waals surface area (Å²) >= 11 is 0. The molecular formula is C27H34O9. The lowest BCUT2D eigenvalue weighted by Crippen LogP contribution is -2.62. The van der Waals surface area contributed by atoms with Crippen LogP contribution in [-0.2, 0) is 33.4 Å². The molecule has 0 aromatic rings. The van der Waals surface area contributed by atoms with Gasteiger partial charge in [-0.3, -0.25) is 24.0 Å². The highest BCUT2D eigenvalue weighted by Crippen LogP contribution is 2.67. The van der Waals surface area contributed by atoms with E-state index in [1.807, 2.05) is 19.9 Å². The number of hydrogen-bond acceptors (Lipinski definition) is 8. The first-order chi connectivity index (χ1) is 16.8. The molecule has 0 aromatic carbocycles. The minimum absolute atomic E-state index is 0.0131. The highest BCUT2D eigenvalue weighted by molar-refractivity contribution is 5.93. The van der Waals surface area contributed by atoms with Crippen molar-refractivity contribution in [1.29, 1.82) is 0 Å². The summed E-state index contributed by atoms with van der Waals surface area (Å²) < 4.78 is 10.9. The fraction of sp³-hybridized carbons (Fsp3) is 0.667. The molecule has 9 heteroatoms. The second-order valence-electron chi connectivity index (χ2n) is 11.2. The van der Waals surface area contributed by atoms with E-state index in [0.29, 0.717) is 19.3 Å². The number of rotatable bonds is 7. The van der Waals surface area contributed by atoms with Gasteiger partial charge in [0.2, 0.25) is 5.78 Å². The molecule has 0 spiro atoms. The number of aliphatic carboxylic acids is 1. The van der Waals surface area contributed by atoms with Crippen LogP contribution in [0.4, 0.5) is 0 Å². The predicted octanol–water partition coefficient (Wildman–Crippen LogP) is 2.54. The van der Waals surface area contributed by atoms with Gasteiger partial charge in [0.05, 0.1) is 12.8 Å². The number of ketones is 2. The first kappa shape index (κ1) is 26.3. The Morgan fingerprint density at radius 3 is 2.56 bits per heavy atom. The van der Waals surface area contributed by atoms with Crippen molar-refractivity contribution in [3.8, 4) is 0 Å². The second-order valence-corrected chi connectivity index (χ2v) is 11.2. The maximum atomic E-state index is 13.2. The van der Waals surface area contributed by atoms with E-state index in [0.717, 1.165) is 5.57 Å². The van der Waals surface area contributed by atoms with E-state index < -0.39 is 52.8 Å². The number of Topliss-reactive ketones (excluding diaryl/α,β-unsaturated/α-hetero) is 1. The number of esters is 2. The Balaban J connectivity index is 1.72. The fourth-order valence-corrected chi connectivity index (χ4v) is 7.50. The summed E-state index contributed by atoms with van der Waals surface area (Å²) in [6.45, 7) is 4.54. The molecule has 4 aliphatic rings. The standard InChI is InChI=1S/C27H34O9/c1-15(28)35-14-21(30)27(34)11-9-19-18-5-4-16-12-17(29)8-10-25(16,2)24(18)20(13-26(19,27)3)36-23(33)7-6-22(31)32/h4,8,10,18-20,24,34H,5-7,9,11-14H2,1-3H3,(H,31,32)/t18?,19?,20-,24?,25-,26-,27?/m0/s1. The molecule has 4 unspecified atom stereocenters. The van der Waals surface area contributed by atoms with E-state index in [4.69, 9.17) is 14.6 Å². The van der Waals surface area contributed by atoms with Crippen LogP contribution in [0.15, 0.2) is 23.8 Å². The van der Waals surface area contributed by atoms with E-state index in [2.05, 4.69) is 6.08 Å². The van der Waals surface area contributed by atoms with E-state index in [-0.39, 0.29) is 49.2 Å². The van der Waals surface area contributed by atoms with Crippen molar-refractivity contribution in [1.82, 2.24) is 0 Å². The van der Waals surface area contributed by atoms with Crippen LogP contribution >= 0.6 is 0 Å². The quantitative estimate of drug-likeness (QED) is 0.396. The third kappa shape index (κ3) is 4.21. The number of allylic oxidation sites excluding steroid dienone is 4. The van der Waals surface area contributed by atoms with Crippen molar-refractivity contribution < 1.29 is 43.7 Å². The predicted molar refractivity (Wildman–Crippen MR) is 125 cm³/mol. The number of carboxylic acids is 1. The van der Waals surface area contributed by atoms with Crippen molar-refractivity contribution >= 4 is 29.5 Å². The molecule has 0 heterocycles. The third-order valence-corrected chi connectivity index (χ3v) is 9.28. The molecule has 4 rings (SSSR count). The average Bonchev–Trinajstić information content (AvgIpc) is 3.07. The van der Waals surface area contributed by atoms with Crippen molar-refractivity contribution in [2.24, 2.45) is 28.6 Å². The molecule has 36 heavy (non-hydrogen) atoms. The number of carbonyl (C=O) groups excluding carboxylic acids is 4. The number of carbonyl (C=O) groups is 5. The van der Waals surface area contributed by atoms with Crippen molar-refractivity contribution in [2.75, 3.05) is 6.61 Å². The summed E-state index contributed by atoms with van der Waals surface area (Å²) in [7, 11) is 0. The molecule has 0 aliphatic heterocycles. The Kier molecular flexibility index (Phi) is 6.75. The molecule has 2 N–H and O–H groups in total. The smallest absolute Gasteiger partial charge is 0.306 e. The lowest BCUT2D eigenvalue weighted by atomic mass is 9.47. The molecule has 7 atom stereocenters. The van der Waals surface area contributed by atoms with Crippen molar-refractivity contribution in [3.63, 3.8) is 0 Å². The van der Waals surface area contributed by atoms with Gasteiger partial charge in [-0.15, -0.1) is 0 Å². The summed E-state index contributed by atoms with van der Waals surface area (Å²) in [6.07, 6.45) is 6.10. The molecule has 0 saturated heterocycles. The van der Waals surface area contributed by atoms with Gasteiger partial charge in [0.1, 0.15) is 11.7 Å². The lowest BCUT2D eigenvalue weighted by molar-refractivity contribution is -0.192. The zero-order valence-corrected chi connectivity index (χ0v) is 21.0. The van der Waals surface area contributed by atoms with E-state index >= 15 is 0 Å². The normalized spacial score (nSPS) is 38.8. The Morgan fingerprint density at radius 1 is 1.17 bits per heavy atom. The SMILES string of the molecule is CC(=O)OCC(=O)C1(O)CCC2C3CC=C4CC(=O)C=C[C@]4(C)C3[C@@H](OC(=O)CCC(=O)O)C[C@@]21C. The van der Waals surface area contributed by atoms with Gasteiger partial charge in [-0.05, 0) is 43.6 Å². The molecule has 9 nitrogen and oxygen atoms in total. The van der Waals surface area contributed by atoms with Gasteiger partial charge in [-0.25, -0.2) is 0 Å². The van der Waals surface area contributed by atoms with Gasteiger partial charge in [0, 0.05) is 30.1 Å². The highest BCUT2D eigenvalue weighted by atomic mass is 16.5. The first-order valence-corrected chi connectivity index (χ1v) is 12.5. The molecule has 4 aliphatic carbocycles. The molecule has 196 valence electrons. The molecule has 0 bridgehead atoms. The van der Waals surface area contributed by atoms with Gasteiger partial charge in [-0.2, -0.15) is 0 Å². The number of hydrogen-bond donors (Lipinski definition) is 2. The molecule has 2 fully saturated rings. The summed E-state index contributed by atoms with van der Waals surface area (Å²) in [6, 6.07) is 0. The van der Waals surface area contributed by atoms with E-state index in [9.17, 15) is 29.1 Å². The summed E-state index contributed by atoms with van der Waals surface area (Å²) in [5.74, 6) is -3.22. The largest absolute Gasteiger partial charge is 0.481 e. The third-order valence-electron chi connectivity index (χ3n) is 9.28. The Bertz CT molecular complexity index is 1060. The molecule has 0 aromatic heterocycles. The van der Waals surface area contributed by atoms with Gasteiger partial charge < -0.3 is 19.7 Å². The summed E-state index contributed by atoms with van der Waals surface area (Å²) in [5.41, 5.74) is -2.27. The minimum Gasteiger partial charge on any atom is -0.481 e. The Labute approximate surface area is 209 Å². The first-order valence-electron chi connectivity index (χ1n) is 12.5. The van der Waals surface area contributed by atoms with Crippen molar-refractivity contribution in [2.45, 2.75) is 77.4 Å². The van der Waals surface area contributed by atoms with Crippen LogP contribution < -0.4 is 0 Å². The Hall–Kier alpha value is -2.81. The zero-order chi connectivity index (χ0) is 26.5. The second kappa shape index (κ2) is 9.25.